The van der Waals surface area contributed by atoms with E-state index in [9.17, 15) is 0 Å². The van der Waals surface area contributed by atoms with Gasteiger partial charge in [-0.2, -0.15) is 0 Å². The molecular formula is C17H14N6. The van der Waals surface area contributed by atoms with E-state index in [0.29, 0.717) is 11.6 Å². The minimum Gasteiger partial charge on any atom is -0.384 e. The van der Waals surface area contributed by atoms with Gasteiger partial charge >= 0.3 is 0 Å². The van der Waals surface area contributed by atoms with Gasteiger partial charge in [-0.15, -0.1) is 0 Å². The van der Waals surface area contributed by atoms with Gasteiger partial charge in [-0.1, -0.05) is 0 Å². The molecule has 4 aromatic heterocycles. The third kappa shape index (κ3) is 2.36. The van der Waals surface area contributed by atoms with E-state index in [4.69, 9.17) is 11.5 Å². The number of aromatic amines is 1. The topological polar surface area (TPSA) is 106 Å². The number of rotatable bonds is 2. The summed E-state index contributed by atoms with van der Waals surface area (Å²) in [7, 11) is 0. The number of nitrogen functional groups attached to an aromatic ring is 2. The van der Waals surface area contributed by atoms with E-state index in [1.807, 2.05) is 30.3 Å². The molecule has 0 radical (unpaired) electrons. The number of fused-ring (bicyclic) bond motifs is 1. The van der Waals surface area contributed by atoms with Gasteiger partial charge in [0.25, 0.3) is 0 Å². The highest BCUT2D eigenvalue weighted by Crippen LogP contribution is 2.31. The summed E-state index contributed by atoms with van der Waals surface area (Å²) >= 11 is 0. The molecule has 0 amide bonds. The maximum atomic E-state index is 5.80. The summed E-state index contributed by atoms with van der Waals surface area (Å²) in [6.45, 7) is 0. The van der Waals surface area contributed by atoms with Crippen molar-refractivity contribution in [1.29, 1.82) is 0 Å². The van der Waals surface area contributed by atoms with Crippen LogP contribution in [0.25, 0.3) is 33.4 Å². The summed E-state index contributed by atoms with van der Waals surface area (Å²) in [6, 6.07) is 11.5. The lowest BCUT2D eigenvalue weighted by Crippen LogP contribution is -1.90. The molecule has 4 rings (SSSR count). The van der Waals surface area contributed by atoms with Crippen LogP contribution in [-0.2, 0) is 0 Å². The first kappa shape index (κ1) is 13.3. The molecule has 4 heterocycles. The summed E-state index contributed by atoms with van der Waals surface area (Å²) in [5.74, 6) is 0.973. The zero-order valence-corrected chi connectivity index (χ0v) is 12.2. The number of hydrogen-bond donors (Lipinski definition) is 3. The molecular weight excluding hydrogens is 288 g/mol. The van der Waals surface area contributed by atoms with Crippen LogP contribution in [0.5, 0.6) is 0 Å². The lowest BCUT2D eigenvalue weighted by Gasteiger charge is -2.03. The van der Waals surface area contributed by atoms with Gasteiger partial charge in [-0.05, 0) is 47.5 Å². The second-order valence-electron chi connectivity index (χ2n) is 5.24. The van der Waals surface area contributed by atoms with E-state index in [1.54, 1.807) is 18.6 Å². The molecule has 4 aromatic rings. The van der Waals surface area contributed by atoms with Crippen molar-refractivity contribution < 1.29 is 0 Å². The molecule has 0 aromatic carbocycles. The van der Waals surface area contributed by atoms with Crippen molar-refractivity contribution in [2.45, 2.75) is 0 Å². The quantitative estimate of drug-likeness (QED) is 0.528. The Morgan fingerprint density at radius 1 is 0.739 bits per heavy atom. The fourth-order valence-electron chi connectivity index (χ4n) is 2.67. The summed E-state index contributed by atoms with van der Waals surface area (Å²) in [4.78, 5) is 15.8. The zero-order valence-electron chi connectivity index (χ0n) is 12.2. The Morgan fingerprint density at radius 3 is 2.13 bits per heavy atom. The van der Waals surface area contributed by atoms with Crippen molar-refractivity contribution in [3.8, 4) is 22.4 Å². The van der Waals surface area contributed by atoms with E-state index >= 15 is 0 Å². The summed E-state index contributed by atoms with van der Waals surface area (Å²) in [5, 5.41) is 1.02. The first-order chi connectivity index (χ1) is 11.2. The SMILES string of the molecule is Nc1cc(-c2cc3c(-c4ccnc(N)c4)ccnc3[nH]2)ccn1. The number of nitrogens with two attached hydrogens (primary N) is 2. The smallest absolute Gasteiger partial charge is 0.138 e. The molecule has 0 saturated heterocycles. The van der Waals surface area contributed by atoms with Crippen molar-refractivity contribution in [3.63, 3.8) is 0 Å². The van der Waals surface area contributed by atoms with Crippen LogP contribution in [0.15, 0.2) is 55.0 Å². The Bertz CT molecular complexity index is 1000. The highest BCUT2D eigenvalue weighted by Gasteiger charge is 2.10. The molecule has 0 aliphatic carbocycles. The van der Waals surface area contributed by atoms with E-state index in [1.165, 1.54) is 0 Å². The number of anilines is 2. The molecule has 5 N–H and O–H groups in total. The number of H-pyrrole nitrogens is 1. The van der Waals surface area contributed by atoms with Crippen molar-refractivity contribution >= 4 is 22.7 Å². The fourth-order valence-corrected chi connectivity index (χ4v) is 2.67. The highest BCUT2D eigenvalue weighted by molar-refractivity contribution is 5.96. The summed E-state index contributed by atoms with van der Waals surface area (Å²) < 4.78 is 0. The van der Waals surface area contributed by atoms with Crippen LogP contribution in [0.1, 0.15) is 0 Å². The Labute approximate surface area is 132 Å². The maximum Gasteiger partial charge on any atom is 0.138 e. The van der Waals surface area contributed by atoms with E-state index in [0.717, 1.165) is 33.4 Å². The second-order valence-corrected chi connectivity index (χ2v) is 5.24. The summed E-state index contributed by atoms with van der Waals surface area (Å²) in [5.41, 5.74) is 16.3. The number of hydrogen-bond acceptors (Lipinski definition) is 5. The Morgan fingerprint density at radius 2 is 1.39 bits per heavy atom. The predicted octanol–water partition coefficient (Wildman–Crippen LogP) is 2.85. The van der Waals surface area contributed by atoms with E-state index in [-0.39, 0.29) is 0 Å². The van der Waals surface area contributed by atoms with Crippen LogP contribution < -0.4 is 11.5 Å². The number of pyridine rings is 3. The van der Waals surface area contributed by atoms with Gasteiger partial charge in [0.15, 0.2) is 0 Å². The van der Waals surface area contributed by atoms with Gasteiger partial charge in [-0.3, -0.25) is 0 Å². The van der Waals surface area contributed by atoms with Gasteiger partial charge in [0.1, 0.15) is 17.3 Å². The van der Waals surface area contributed by atoms with E-state index < -0.39 is 0 Å². The van der Waals surface area contributed by atoms with Crippen molar-refractivity contribution in [1.82, 2.24) is 19.9 Å². The van der Waals surface area contributed by atoms with Crippen LogP contribution in [0.2, 0.25) is 0 Å². The molecule has 6 nitrogen and oxygen atoms in total. The van der Waals surface area contributed by atoms with Gasteiger partial charge in [0.05, 0.1) is 0 Å². The first-order valence-electron chi connectivity index (χ1n) is 7.12. The van der Waals surface area contributed by atoms with Crippen LogP contribution in [0.4, 0.5) is 11.6 Å². The standard InChI is InChI=1S/C17H14N6/c18-15-7-10(1-4-20-15)12-3-6-22-17-13(12)9-14(23-17)11-2-5-21-16(19)8-11/h1-9H,(H2,18,20)(H2,19,21)(H,22,23). The van der Waals surface area contributed by atoms with Crippen LogP contribution >= 0.6 is 0 Å². The largest absolute Gasteiger partial charge is 0.384 e. The molecule has 6 heteroatoms. The Balaban J connectivity index is 1.91. The molecule has 0 unspecified atom stereocenters. The van der Waals surface area contributed by atoms with E-state index in [2.05, 4.69) is 26.0 Å². The molecule has 0 fully saturated rings. The molecule has 0 aliphatic rings. The molecule has 0 spiro atoms. The van der Waals surface area contributed by atoms with Crippen LogP contribution in [0.3, 0.4) is 0 Å². The highest BCUT2D eigenvalue weighted by atomic mass is 14.9. The summed E-state index contributed by atoms with van der Waals surface area (Å²) in [6.07, 6.45) is 5.16. The fraction of sp³-hybridized carbons (Fsp3) is 0. The third-order valence-corrected chi connectivity index (χ3v) is 3.72. The molecule has 23 heavy (non-hydrogen) atoms. The van der Waals surface area contributed by atoms with Crippen LogP contribution in [-0.4, -0.2) is 19.9 Å². The van der Waals surface area contributed by atoms with Gasteiger partial charge in [0.2, 0.25) is 0 Å². The number of nitrogens with zero attached hydrogens (tertiary/aromatic N) is 3. The normalized spacial score (nSPS) is 11.0. The van der Waals surface area contributed by atoms with Gasteiger partial charge in [-0.25, -0.2) is 15.0 Å². The first-order valence-corrected chi connectivity index (χ1v) is 7.12. The van der Waals surface area contributed by atoms with Gasteiger partial charge < -0.3 is 16.5 Å². The van der Waals surface area contributed by atoms with Crippen molar-refractivity contribution in [2.75, 3.05) is 11.5 Å². The third-order valence-electron chi connectivity index (χ3n) is 3.72. The molecule has 0 bridgehead atoms. The lowest BCUT2D eigenvalue weighted by atomic mass is 10.0. The maximum absolute atomic E-state index is 5.80. The molecule has 0 saturated carbocycles. The minimum absolute atomic E-state index is 0.483. The average Bonchev–Trinajstić information content (AvgIpc) is 2.99. The number of aromatic nitrogens is 4. The predicted molar refractivity (Wildman–Crippen MR) is 91.4 cm³/mol. The molecule has 112 valence electrons. The average molecular weight is 302 g/mol. The molecule has 0 aliphatic heterocycles. The van der Waals surface area contributed by atoms with Crippen molar-refractivity contribution in [3.05, 3.63) is 55.0 Å². The van der Waals surface area contributed by atoms with Gasteiger partial charge in [0, 0.05) is 35.2 Å². The lowest BCUT2D eigenvalue weighted by molar-refractivity contribution is 1.30. The molecule has 0 atom stereocenters. The Hall–Kier alpha value is -3.41. The second kappa shape index (κ2) is 5.10. The van der Waals surface area contributed by atoms with Crippen LogP contribution in [0, 0.1) is 0 Å². The zero-order chi connectivity index (χ0) is 15.8. The Kier molecular flexibility index (Phi) is 2.94. The van der Waals surface area contributed by atoms with Crippen molar-refractivity contribution in [2.24, 2.45) is 0 Å². The number of nitrogens with one attached hydrogen (secondary N) is 1. The monoisotopic (exact) mass is 302 g/mol. The minimum atomic E-state index is 0.483.